The SMILES string of the molecule is CNC(=O)[C@@H](N[C@@H](CCc1ccc(C(F)(F)F)cc1)c1cccc(C)c1)c1ccccc1. The van der Waals surface area contributed by atoms with E-state index in [4.69, 9.17) is 0 Å². The molecular formula is C26H27F3N2O. The minimum atomic E-state index is -4.35. The first kappa shape index (κ1) is 23.5. The van der Waals surface area contributed by atoms with Crippen LogP contribution >= 0.6 is 0 Å². The molecule has 0 saturated heterocycles. The van der Waals surface area contributed by atoms with E-state index in [1.54, 1.807) is 7.05 Å². The average Bonchev–Trinajstić information content (AvgIpc) is 2.79. The Morgan fingerprint density at radius 2 is 1.56 bits per heavy atom. The van der Waals surface area contributed by atoms with Crippen molar-refractivity contribution in [1.82, 2.24) is 10.6 Å². The van der Waals surface area contributed by atoms with Crippen molar-refractivity contribution in [3.8, 4) is 0 Å². The number of hydrogen-bond acceptors (Lipinski definition) is 2. The second-order valence-corrected chi connectivity index (χ2v) is 7.82. The molecule has 168 valence electrons. The summed E-state index contributed by atoms with van der Waals surface area (Å²) in [6.07, 6.45) is -3.16. The van der Waals surface area contributed by atoms with E-state index in [9.17, 15) is 18.0 Å². The van der Waals surface area contributed by atoms with Crippen LogP contribution in [0.25, 0.3) is 0 Å². The van der Waals surface area contributed by atoms with Crippen LogP contribution in [0, 0.1) is 6.92 Å². The molecule has 3 nitrogen and oxygen atoms in total. The van der Waals surface area contributed by atoms with Crippen LogP contribution in [0.15, 0.2) is 78.9 Å². The van der Waals surface area contributed by atoms with Gasteiger partial charge in [-0.05, 0) is 48.6 Å². The van der Waals surface area contributed by atoms with Crippen LogP contribution in [0.5, 0.6) is 0 Å². The van der Waals surface area contributed by atoms with Crippen LogP contribution in [-0.2, 0) is 17.4 Å². The first-order valence-corrected chi connectivity index (χ1v) is 10.5. The van der Waals surface area contributed by atoms with Crippen LogP contribution in [0.4, 0.5) is 13.2 Å². The Bertz CT molecular complexity index is 1020. The van der Waals surface area contributed by atoms with Gasteiger partial charge in [0, 0.05) is 13.1 Å². The fraction of sp³-hybridized carbons (Fsp3) is 0.269. The number of alkyl halides is 3. The molecule has 0 saturated carbocycles. The topological polar surface area (TPSA) is 41.1 Å². The van der Waals surface area contributed by atoms with E-state index in [2.05, 4.69) is 16.7 Å². The number of benzene rings is 3. The maximum Gasteiger partial charge on any atom is 0.416 e. The van der Waals surface area contributed by atoms with Gasteiger partial charge in [-0.25, -0.2) is 0 Å². The van der Waals surface area contributed by atoms with Crippen molar-refractivity contribution in [2.24, 2.45) is 0 Å². The van der Waals surface area contributed by atoms with E-state index in [0.29, 0.717) is 12.8 Å². The monoisotopic (exact) mass is 440 g/mol. The standard InChI is InChI=1S/C26H27F3N2O/c1-18-7-6-10-21(17-18)23(16-13-19-11-14-22(15-12-19)26(27,28)29)31-24(25(32)30-2)20-8-4-3-5-9-20/h3-12,14-15,17,23-24,31H,13,16H2,1-2H3,(H,30,32)/t23-,24-/m0/s1. The molecule has 2 atom stereocenters. The highest BCUT2D eigenvalue weighted by atomic mass is 19.4. The van der Waals surface area contributed by atoms with Gasteiger partial charge >= 0.3 is 6.18 Å². The number of aryl methyl sites for hydroxylation is 2. The normalized spacial score (nSPS) is 13.4. The van der Waals surface area contributed by atoms with Crippen molar-refractivity contribution in [2.45, 2.75) is 38.0 Å². The van der Waals surface area contributed by atoms with E-state index in [0.717, 1.165) is 34.4 Å². The smallest absolute Gasteiger partial charge is 0.358 e. The molecule has 0 heterocycles. The van der Waals surface area contributed by atoms with Crippen molar-refractivity contribution in [3.63, 3.8) is 0 Å². The molecule has 3 rings (SSSR count). The van der Waals surface area contributed by atoms with Crippen LogP contribution in [0.1, 0.15) is 46.3 Å². The summed E-state index contributed by atoms with van der Waals surface area (Å²) in [4.78, 5) is 12.7. The largest absolute Gasteiger partial charge is 0.416 e. The van der Waals surface area contributed by atoms with E-state index in [1.807, 2.05) is 55.5 Å². The molecule has 6 heteroatoms. The fourth-order valence-electron chi connectivity index (χ4n) is 3.72. The molecule has 1 amide bonds. The molecule has 0 aliphatic heterocycles. The van der Waals surface area contributed by atoms with Gasteiger partial charge in [0.2, 0.25) is 5.91 Å². The van der Waals surface area contributed by atoms with E-state index >= 15 is 0 Å². The van der Waals surface area contributed by atoms with Crippen LogP contribution in [0.3, 0.4) is 0 Å². The molecule has 32 heavy (non-hydrogen) atoms. The van der Waals surface area contributed by atoms with Crippen molar-refractivity contribution < 1.29 is 18.0 Å². The maximum absolute atomic E-state index is 12.9. The second kappa shape index (κ2) is 10.5. The van der Waals surface area contributed by atoms with Gasteiger partial charge in [0.15, 0.2) is 0 Å². The molecule has 0 aliphatic rings. The lowest BCUT2D eigenvalue weighted by atomic mass is 9.95. The summed E-state index contributed by atoms with van der Waals surface area (Å²) in [6, 6.07) is 22.0. The van der Waals surface area contributed by atoms with Gasteiger partial charge in [-0.2, -0.15) is 13.2 Å². The molecule has 2 N–H and O–H groups in total. The molecule has 0 aliphatic carbocycles. The zero-order valence-corrected chi connectivity index (χ0v) is 18.1. The first-order valence-electron chi connectivity index (χ1n) is 10.5. The Balaban J connectivity index is 1.84. The van der Waals surface area contributed by atoms with E-state index < -0.39 is 17.8 Å². The highest BCUT2D eigenvalue weighted by molar-refractivity contribution is 5.83. The van der Waals surface area contributed by atoms with Crippen LogP contribution in [0.2, 0.25) is 0 Å². The van der Waals surface area contributed by atoms with Crippen LogP contribution < -0.4 is 10.6 Å². The summed E-state index contributed by atoms with van der Waals surface area (Å²) in [7, 11) is 1.60. The highest BCUT2D eigenvalue weighted by Crippen LogP contribution is 2.30. The third kappa shape index (κ3) is 6.20. The number of carbonyl (C=O) groups is 1. The molecule has 0 aromatic heterocycles. The van der Waals surface area contributed by atoms with Crippen molar-refractivity contribution >= 4 is 5.91 Å². The van der Waals surface area contributed by atoms with E-state index in [1.165, 1.54) is 12.1 Å². The lowest BCUT2D eigenvalue weighted by Gasteiger charge is -2.26. The minimum absolute atomic E-state index is 0.150. The lowest BCUT2D eigenvalue weighted by Crippen LogP contribution is -2.38. The van der Waals surface area contributed by atoms with Gasteiger partial charge in [-0.1, -0.05) is 72.3 Å². The van der Waals surface area contributed by atoms with Gasteiger partial charge < -0.3 is 5.32 Å². The zero-order valence-electron chi connectivity index (χ0n) is 18.1. The first-order chi connectivity index (χ1) is 15.3. The third-order valence-electron chi connectivity index (χ3n) is 5.46. The molecular weight excluding hydrogens is 413 g/mol. The number of carbonyl (C=O) groups excluding carboxylic acids is 1. The number of nitrogens with one attached hydrogen (secondary N) is 2. The zero-order chi connectivity index (χ0) is 23.1. The summed E-state index contributed by atoms with van der Waals surface area (Å²) in [5.41, 5.74) is 3.13. The summed E-state index contributed by atoms with van der Waals surface area (Å²) >= 11 is 0. The van der Waals surface area contributed by atoms with Gasteiger partial charge in [-0.15, -0.1) is 0 Å². The summed E-state index contributed by atoms with van der Waals surface area (Å²) in [5.74, 6) is -0.150. The second-order valence-electron chi connectivity index (χ2n) is 7.82. The quantitative estimate of drug-likeness (QED) is 0.467. The number of likely N-dealkylation sites (N-methyl/N-ethyl adjacent to an activating group) is 1. The van der Waals surface area contributed by atoms with Crippen molar-refractivity contribution in [2.75, 3.05) is 7.05 Å². The lowest BCUT2D eigenvalue weighted by molar-refractivity contribution is -0.137. The molecule has 0 radical (unpaired) electrons. The molecule has 0 bridgehead atoms. The highest BCUT2D eigenvalue weighted by Gasteiger charge is 2.30. The Labute approximate surface area is 186 Å². The molecule has 0 fully saturated rings. The Morgan fingerprint density at radius 1 is 0.906 bits per heavy atom. The molecule has 0 unspecified atom stereocenters. The van der Waals surface area contributed by atoms with Gasteiger partial charge in [0.1, 0.15) is 6.04 Å². The fourth-order valence-corrected chi connectivity index (χ4v) is 3.72. The van der Waals surface area contributed by atoms with Crippen molar-refractivity contribution in [3.05, 3.63) is 107 Å². The minimum Gasteiger partial charge on any atom is -0.358 e. The molecule has 3 aromatic rings. The Kier molecular flexibility index (Phi) is 7.70. The number of halogens is 3. The number of hydrogen-bond donors (Lipinski definition) is 2. The number of amides is 1. The maximum atomic E-state index is 12.9. The third-order valence-corrected chi connectivity index (χ3v) is 5.46. The van der Waals surface area contributed by atoms with Gasteiger partial charge in [0.25, 0.3) is 0 Å². The number of rotatable bonds is 8. The van der Waals surface area contributed by atoms with Crippen LogP contribution in [-0.4, -0.2) is 13.0 Å². The summed E-state index contributed by atoms with van der Waals surface area (Å²) in [5, 5.41) is 6.20. The van der Waals surface area contributed by atoms with E-state index in [-0.39, 0.29) is 11.9 Å². The Hall–Kier alpha value is -3.12. The van der Waals surface area contributed by atoms with Gasteiger partial charge in [0.05, 0.1) is 5.56 Å². The average molecular weight is 441 g/mol. The Morgan fingerprint density at radius 3 is 2.16 bits per heavy atom. The predicted octanol–water partition coefficient (Wildman–Crippen LogP) is 5.76. The van der Waals surface area contributed by atoms with Gasteiger partial charge in [-0.3, -0.25) is 10.1 Å². The van der Waals surface area contributed by atoms with Crippen molar-refractivity contribution in [1.29, 1.82) is 0 Å². The summed E-state index contributed by atoms with van der Waals surface area (Å²) < 4.78 is 38.6. The molecule has 3 aromatic carbocycles. The predicted molar refractivity (Wildman–Crippen MR) is 120 cm³/mol. The summed E-state index contributed by atoms with van der Waals surface area (Å²) in [6.45, 7) is 2.00. The molecule has 0 spiro atoms.